The molecule has 0 saturated carbocycles. The van der Waals surface area contributed by atoms with Crippen LogP contribution in [0, 0.1) is 37.4 Å². The fraction of sp³-hybridized carbons (Fsp3) is 0.185. The standard InChI is InChI=1S/C27H24N3O2.U/c1-2-25-28-24-15-16-29(18-22-14-9-17-32-22)19-23(24)27(31)30(25)26(20-10-5-3-6-11-20)21-12-7-4-8-13-21;/h2-14,26H,1,15-16,18-19H2;/q-1;. The second-order valence-corrected chi connectivity index (χ2v) is 7.98. The van der Waals surface area contributed by atoms with Crippen molar-refractivity contribution < 1.29 is 35.5 Å². The largest absolute Gasteiger partial charge is 0.594 e. The zero-order valence-corrected chi connectivity index (χ0v) is 22.4. The van der Waals surface area contributed by atoms with Gasteiger partial charge in [0.1, 0.15) is 5.82 Å². The molecule has 0 saturated heterocycles. The molecular formula is C27H24N3O2U-. The summed E-state index contributed by atoms with van der Waals surface area (Å²) in [6, 6.07) is 23.6. The molecule has 3 heterocycles. The Kier molecular flexibility index (Phi) is 7.50. The predicted octanol–water partition coefficient (Wildman–Crippen LogP) is 4.48. The molecule has 0 amide bonds. The summed E-state index contributed by atoms with van der Waals surface area (Å²) < 4.78 is 7.18. The molecule has 0 N–H and O–H groups in total. The molecule has 2 aromatic carbocycles. The average Bonchev–Trinajstić information content (AvgIpc) is 3.35. The minimum absolute atomic E-state index is 0. The monoisotopic (exact) mass is 660 g/mol. The molecule has 6 heteroatoms. The second kappa shape index (κ2) is 10.5. The first kappa shape index (κ1) is 23.5. The number of fused-ring (bicyclic) bond motifs is 1. The third-order valence-electron chi connectivity index (χ3n) is 5.95. The van der Waals surface area contributed by atoms with Gasteiger partial charge in [0.25, 0.3) is 5.56 Å². The summed E-state index contributed by atoms with van der Waals surface area (Å²) in [7, 11) is 0. The summed E-state index contributed by atoms with van der Waals surface area (Å²) in [6.07, 6.45) is 5.14. The van der Waals surface area contributed by atoms with Crippen molar-refractivity contribution >= 4 is 6.08 Å². The van der Waals surface area contributed by atoms with E-state index in [4.69, 9.17) is 9.40 Å². The van der Waals surface area contributed by atoms with E-state index in [-0.39, 0.29) is 42.7 Å². The maximum absolute atomic E-state index is 13.9. The van der Waals surface area contributed by atoms with Gasteiger partial charge in [-0.3, -0.25) is 9.36 Å². The predicted molar refractivity (Wildman–Crippen MR) is 124 cm³/mol. The number of hydrogen-bond donors (Lipinski definition) is 0. The van der Waals surface area contributed by atoms with Gasteiger partial charge in [0, 0.05) is 50.6 Å². The number of rotatable bonds is 6. The zero-order chi connectivity index (χ0) is 21.9. The summed E-state index contributed by atoms with van der Waals surface area (Å²) in [5.74, 6) is 1.44. The summed E-state index contributed by atoms with van der Waals surface area (Å²) >= 11 is 0. The molecule has 5 rings (SSSR count). The fourth-order valence-corrected chi connectivity index (χ4v) is 4.43. The van der Waals surface area contributed by atoms with Crippen LogP contribution in [0.25, 0.3) is 6.08 Å². The maximum atomic E-state index is 13.9. The van der Waals surface area contributed by atoms with Crippen molar-refractivity contribution in [3.05, 3.63) is 130 Å². The number of furan rings is 1. The summed E-state index contributed by atoms with van der Waals surface area (Å²) in [4.78, 5) is 21.1. The Hall–Kier alpha value is -2.65. The molecule has 0 unspecified atom stereocenters. The SMILES string of the molecule is C=Cc1nc2c(c(=O)n1C(c1ccccc1)c1ccccc1)CN(Cc1cc[c-]o1)CC2.[U]. The molecule has 4 aromatic rings. The topological polar surface area (TPSA) is 51.3 Å². The van der Waals surface area contributed by atoms with Gasteiger partial charge < -0.3 is 9.32 Å². The molecule has 1 aliphatic heterocycles. The number of hydrogen-bond acceptors (Lipinski definition) is 4. The molecule has 0 spiro atoms. The van der Waals surface area contributed by atoms with Crippen LogP contribution in [0.5, 0.6) is 0 Å². The Morgan fingerprint density at radius 3 is 2.30 bits per heavy atom. The van der Waals surface area contributed by atoms with Gasteiger partial charge in [-0.15, -0.1) is 6.07 Å². The normalized spacial score (nSPS) is 13.4. The van der Waals surface area contributed by atoms with E-state index < -0.39 is 0 Å². The van der Waals surface area contributed by atoms with Crippen LogP contribution in [0.4, 0.5) is 0 Å². The van der Waals surface area contributed by atoms with E-state index in [1.54, 1.807) is 16.7 Å². The third-order valence-corrected chi connectivity index (χ3v) is 5.95. The van der Waals surface area contributed by atoms with Crippen molar-refractivity contribution in [2.45, 2.75) is 25.6 Å². The summed E-state index contributed by atoms with van der Waals surface area (Å²) in [6.45, 7) is 5.97. The van der Waals surface area contributed by atoms with Crippen LogP contribution in [0.15, 0.2) is 88.6 Å². The number of nitrogens with zero attached hydrogens (tertiary/aromatic N) is 3. The van der Waals surface area contributed by atoms with E-state index in [0.29, 0.717) is 18.9 Å². The third kappa shape index (κ3) is 4.84. The van der Waals surface area contributed by atoms with Gasteiger partial charge in [0.05, 0.1) is 17.3 Å². The fourth-order valence-electron chi connectivity index (χ4n) is 4.43. The van der Waals surface area contributed by atoms with Gasteiger partial charge in [-0.25, -0.2) is 4.98 Å². The number of benzene rings is 2. The van der Waals surface area contributed by atoms with Crippen LogP contribution in [0.2, 0.25) is 0 Å². The van der Waals surface area contributed by atoms with Crippen LogP contribution >= 0.6 is 0 Å². The molecule has 1 aliphatic rings. The molecule has 164 valence electrons. The van der Waals surface area contributed by atoms with E-state index in [2.05, 4.69) is 42.0 Å². The van der Waals surface area contributed by atoms with E-state index in [0.717, 1.165) is 41.1 Å². The number of aromatic nitrogens is 2. The Balaban J connectivity index is 0.00000259. The second-order valence-electron chi connectivity index (χ2n) is 7.98. The Morgan fingerprint density at radius 2 is 1.73 bits per heavy atom. The molecular weight excluding hydrogens is 636 g/mol. The van der Waals surface area contributed by atoms with Crippen LogP contribution in [0.3, 0.4) is 0 Å². The minimum Gasteiger partial charge on any atom is -0.594 e. The molecule has 0 bridgehead atoms. The van der Waals surface area contributed by atoms with Crippen LogP contribution < -0.4 is 5.56 Å². The van der Waals surface area contributed by atoms with Crippen molar-refractivity contribution in [3.63, 3.8) is 0 Å². The molecule has 0 aliphatic carbocycles. The van der Waals surface area contributed by atoms with Crippen molar-refractivity contribution in [2.24, 2.45) is 0 Å². The van der Waals surface area contributed by atoms with Crippen molar-refractivity contribution in [1.29, 1.82) is 0 Å². The molecule has 0 atom stereocenters. The Labute approximate surface area is 217 Å². The van der Waals surface area contributed by atoms with Gasteiger partial charge in [0.15, 0.2) is 0 Å². The van der Waals surface area contributed by atoms with Gasteiger partial charge in [-0.2, -0.15) is 6.07 Å². The van der Waals surface area contributed by atoms with Crippen molar-refractivity contribution in [3.8, 4) is 0 Å². The summed E-state index contributed by atoms with van der Waals surface area (Å²) in [5, 5.41) is 0. The quantitative estimate of drug-likeness (QED) is 0.287. The Bertz CT molecular complexity index is 1230. The van der Waals surface area contributed by atoms with Crippen molar-refractivity contribution in [2.75, 3.05) is 6.54 Å². The van der Waals surface area contributed by atoms with E-state index in [9.17, 15) is 4.79 Å². The van der Waals surface area contributed by atoms with Gasteiger partial charge >= 0.3 is 0 Å². The Morgan fingerprint density at radius 1 is 1.06 bits per heavy atom. The van der Waals surface area contributed by atoms with Crippen LogP contribution in [-0.4, -0.2) is 21.0 Å². The first-order valence-electron chi connectivity index (χ1n) is 10.8. The van der Waals surface area contributed by atoms with Gasteiger partial charge in [-0.05, 0) is 35.8 Å². The maximum Gasteiger partial charge on any atom is 0.259 e. The molecule has 5 nitrogen and oxygen atoms in total. The molecule has 0 fully saturated rings. The van der Waals surface area contributed by atoms with Crippen LogP contribution in [0.1, 0.15) is 40.0 Å². The zero-order valence-electron chi connectivity index (χ0n) is 18.3. The van der Waals surface area contributed by atoms with E-state index >= 15 is 0 Å². The first-order chi connectivity index (χ1) is 15.7. The minimum atomic E-state index is -0.286. The summed E-state index contributed by atoms with van der Waals surface area (Å²) in [5.41, 5.74) is 3.66. The van der Waals surface area contributed by atoms with Crippen molar-refractivity contribution in [1.82, 2.24) is 14.5 Å². The van der Waals surface area contributed by atoms with E-state index in [1.165, 1.54) is 0 Å². The average molecular weight is 661 g/mol. The van der Waals surface area contributed by atoms with Crippen LogP contribution in [-0.2, 0) is 19.5 Å². The smallest absolute Gasteiger partial charge is 0.259 e. The van der Waals surface area contributed by atoms with Gasteiger partial charge in [-0.1, -0.05) is 67.2 Å². The van der Waals surface area contributed by atoms with Gasteiger partial charge in [0.2, 0.25) is 0 Å². The molecule has 0 radical (unpaired) electrons. The molecule has 33 heavy (non-hydrogen) atoms. The van der Waals surface area contributed by atoms with E-state index in [1.807, 2.05) is 42.5 Å². The first-order valence-corrected chi connectivity index (χ1v) is 10.8. The molecule has 2 aromatic heterocycles.